The molecule has 2 aromatic rings. The Kier molecular flexibility index (Phi) is 3.47. The van der Waals surface area contributed by atoms with E-state index in [1.165, 1.54) is 0 Å². The molecule has 0 aliphatic carbocycles. The minimum Gasteiger partial charge on any atom is -0.381 e. The number of hydrogen-bond donors (Lipinski definition) is 1. The largest absolute Gasteiger partial charge is 0.381 e. The molecule has 4 heteroatoms. The molecule has 2 rings (SSSR count). The van der Waals surface area contributed by atoms with Crippen molar-refractivity contribution in [3.05, 3.63) is 47.8 Å². The number of rotatable bonds is 4. The van der Waals surface area contributed by atoms with Gasteiger partial charge in [0.2, 0.25) is 0 Å². The van der Waals surface area contributed by atoms with Crippen molar-refractivity contribution >= 4 is 17.3 Å². The predicted octanol–water partition coefficient (Wildman–Crippen LogP) is 2.77. The Morgan fingerprint density at radius 3 is 2.88 bits per heavy atom. The molecule has 0 saturated carbocycles. The van der Waals surface area contributed by atoms with E-state index in [0.29, 0.717) is 5.88 Å². The van der Waals surface area contributed by atoms with Crippen LogP contribution in [0, 0.1) is 0 Å². The zero-order chi connectivity index (χ0) is 11.4. The van der Waals surface area contributed by atoms with Gasteiger partial charge in [0.25, 0.3) is 0 Å². The number of para-hydroxylation sites is 1. The van der Waals surface area contributed by atoms with Crippen molar-refractivity contribution in [2.45, 2.75) is 12.4 Å². The zero-order valence-corrected chi connectivity index (χ0v) is 9.91. The van der Waals surface area contributed by atoms with E-state index in [-0.39, 0.29) is 0 Å². The topological polar surface area (TPSA) is 29.9 Å². The van der Waals surface area contributed by atoms with E-state index in [1.807, 2.05) is 43.7 Å². The van der Waals surface area contributed by atoms with Gasteiger partial charge in [0, 0.05) is 36.9 Å². The van der Waals surface area contributed by atoms with Crippen LogP contribution in [0.2, 0.25) is 0 Å². The summed E-state index contributed by atoms with van der Waals surface area (Å²) in [5.74, 6) is 0.524. The minimum atomic E-state index is 0.524. The van der Waals surface area contributed by atoms with Gasteiger partial charge < -0.3 is 5.32 Å². The Bertz CT molecular complexity index is 465. The normalized spacial score (nSPS) is 10.4. The van der Waals surface area contributed by atoms with Gasteiger partial charge in [0.05, 0.1) is 6.20 Å². The van der Waals surface area contributed by atoms with Crippen molar-refractivity contribution in [1.82, 2.24) is 9.78 Å². The summed E-state index contributed by atoms with van der Waals surface area (Å²) in [6.45, 7) is 0.766. The quantitative estimate of drug-likeness (QED) is 0.826. The number of hydrogen-bond acceptors (Lipinski definition) is 2. The summed E-state index contributed by atoms with van der Waals surface area (Å²) in [5, 5.41) is 7.48. The van der Waals surface area contributed by atoms with Crippen LogP contribution in [0.3, 0.4) is 0 Å². The van der Waals surface area contributed by atoms with Gasteiger partial charge in [-0.3, -0.25) is 4.68 Å². The van der Waals surface area contributed by atoms with Crippen LogP contribution in [-0.4, -0.2) is 9.78 Å². The second kappa shape index (κ2) is 5.03. The molecule has 0 radical (unpaired) electrons. The smallest absolute Gasteiger partial charge is 0.0539 e. The van der Waals surface area contributed by atoms with Gasteiger partial charge in [-0.15, -0.1) is 11.6 Å². The van der Waals surface area contributed by atoms with Gasteiger partial charge in [-0.1, -0.05) is 18.2 Å². The fraction of sp³-hybridized carbons (Fsp3) is 0.250. The van der Waals surface area contributed by atoms with E-state index >= 15 is 0 Å². The van der Waals surface area contributed by atoms with Gasteiger partial charge in [0.1, 0.15) is 0 Å². The maximum absolute atomic E-state index is 5.86. The first-order valence-corrected chi connectivity index (χ1v) is 5.68. The van der Waals surface area contributed by atoms with Crippen molar-refractivity contribution < 1.29 is 0 Å². The molecule has 0 spiro atoms. The summed E-state index contributed by atoms with van der Waals surface area (Å²) in [6.07, 6.45) is 3.85. The lowest BCUT2D eigenvalue weighted by Crippen LogP contribution is -2.00. The van der Waals surface area contributed by atoms with Crippen LogP contribution in [0.5, 0.6) is 0 Å². The molecule has 0 atom stereocenters. The highest BCUT2D eigenvalue weighted by molar-refractivity contribution is 6.17. The van der Waals surface area contributed by atoms with Crippen LogP contribution in [-0.2, 0) is 19.5 Å². The lowest BCUT2D eigenvalue weighted by Gasteiger charge is -2.08. The molecular formula is C12H14ClN3. The second-order valence-electron chi connectivity index (χ2n) is 3.67. The molecule has 16 heavy (non-hydrogen) atoms. The van der Waals surface area contributed by atoms with Crippen molar-refractivity contribution in [3.8, 4) is 0 Å². The van der Waals surface area contributed by atoms with Crippen LogP contribution >= 0.6 is 11.6 Å². The molecule has 3 nitrogen and oxygen atoms in total. The van der Waals surface area contributed by atoms with Gasteiger partial charge in [0.15, 0.2) is 0 Å². The molecule has 1 aromatic carbocycles. The Morgan fingerprint density at radius 2 is 2.19 bits per heavy atom. The summed E-state index contributed by atoms with van der Waals surface area (Å²) in [4.78, 5) is 0. The number of nitrogens with zero attached hydrogens (tertiary/aromatic N) is 2. The number of anilines is 1. The summed E-state index contributed by atoms with van der Waals surface area (Å²) in [6, 6.07) is 8.06. The van der Waals surface area contributed by atoms with Crippen LogP contribution < -0.4 is 5.32 Å². The first kappa shape index (κ1) is 11.0. The van der Waals surface area contributed by atoms with Gasteiger partial charge in [-0.05, 0) is 11.6 Å². The van der Waals surface area contributed by atoms with Crippen LogP contribution in [0.25, 0.3) is 0 Å². The highest BCUT2D eigenvalue weighted by Crippen LogP contribution is 2.17. The SMILES string of the molecule is Cn1cc(CNc2ccccc2CCl)cn1. The third-order valence-corrected chi connectivity index (χ3v) is 2.69. The molecule has 0 aliphatic heterocycles. The number of alkyl halides is 1. The Balaban J connectivity index is 2.04. The molecule has 1 N–H and O–H groups in total. The molecular weight excluding hydrogens is 222 g/mol. The number of benzene rings is 1. The van der Waals surface area contributed by atoms with Crippen molar-refractivity contribution in [2.75, 3.05) is 5.32 Å². The van der Waals surface area contributed by atoms with Gasteiger partial charge >= 0.3 is 0 Å². The maximum atomic E-state index is 5.86. The van der Waals surface area contributed by atoms with Crippen molar-refractivity contribution in [2.24, 2.45) is 7.05 Å². The Labute approximate surface area is 100 Å². The van der Waals surface area contributed by atoms with Gasteiger partial charge in [-0.25, -0.2) is 0 Å². The molecule has 0 aliphatic rings. The summed E-state index contributed by atoms with van der Waals surface area (Å²) < 4.78 is 1.80. The molecule has 0 unspecified atom stereocenters. The molecule has 1 heterocycles. The summed E-state index contributed by atoms with van der Waals surface area (Å²) in [5.41, 5.74) is 3.36. The zero-order valence-electron chi connectivity index (χ0n) is 9.15. The van der Waals surface area contributed by atoms with Crippen LogP contribution in [0.1, 0.15) is 11.1 Å². The summed E-state index contributed by atoms with van der Waals surface area (Å²) >= 11 is 5.86. The highest BCUT2D eigenvalue weighted by atomic mass is 35.5. The molecule has 0 saturated heterocycles. The molecule has 1 aromatic heterocycles. The van der Waals surface area contributed by atoms with E-state index in [9.17, 15) is 0 Å². The Hall–Kier alpha value is -1.48. The fourth-order valence-electron chi connectivity index (χ4n) is 1.57. The predicted molar refractivity (Wildman–Crippen MR) is 66.5 cm³/mol. The number of nitrogens with one attached hydrogen (secondary N) is 1. The van der Waals surface area contributed by atoms with E-state index in [1.54, 1.807) is 4.68 Å². The number of halogens is 1. The van der Waals surface area contributed by atoms with Crippen molar-refractivity contribution in [1.29, 1.82) is 0 Å². The third-order valence-electron chi connectivity index (χ3n) is 2.40. The minimum absolute atomic E-state index is 0.524. The van der Waals surface area contributed by atoms with E-state index < -0.39 is 0 Å². The maximum Gasteiger partial charge on any atom is 0.0539 e. The Morgan fingerprint density at radius 1 is 1.38 bits per heavy atom. The lowest BCUT2D eigenvalue weighted by molar-refractivity contribution is 0.767. The van der Waals surface area contributed by atoms with Crippen molar-refractivity contribution in [3.63, 3.8) is 0 Å². The number of aromatic nitrogens is 2. The molecule has 0 fully saturated rings. The lowest BCUT2D eigenvalue weighted by atomic mass is 10.2. The monoisotopic (exact) mass is 235 g/mol. The first-order valence-electron chi connectivity index (χ1n) is 5.15. The van der Waals surface area contributed by atoms with Gasteiger partial charge in [-0.2, -0.15) is 5.10 Å². The fourth-order valence-corrected chi connectivity index (χ4v) is 1.80. The van der Waals surface area contributed by atoms with E-state index in [2.05, 4.69) is 10.4 Å². The van der Waals surface area contributed by atoms with Crippen LogP contribution in [0.15, 0.2) is 36.7 Å². The van der Waals surface area contributed by atoms with E-state index in [4.69, 9.17) is 11.6 Å². The third kappa shape index (κ3) is 2.55. The van der Waals surface area contributed by atoms with Crippen LogP contribution in [0.4, 0.5) is 5.69 Å². The van der Waals surface area contributed by atoms with E-state index in [0.717, 1.165) is 23.4 Å². The average Bonchev–Trinajstić information content (AvgIpc) is 2.73. The average molecular weight is 236 g/mol. The molecule has 84 valence electrons. The first-order chi connectivity index (χ1) is 7.79. The highest BCUT2D eigenvalue weighted by Gasteiger charge is 2.00. The second-order valence-corrected chi connectivity index (χ2v) is 3.93. The molecule has 0 bridgehead atoms. The number of aryl methyl sites for hydroxylation is 1. The standard InChI is InChI=1S/C12H14ClN3/c1-16-9-10(8-15-16)7-14-12-5-3-2-4-11(12)6-13/h2-5,8-9,14H,6-7H2,1H3. The summed E-state index contributed by atoms with van der Waals surface area (Å²) in [7, 11) is 1.91. The molecule has 0 amide bonds.